The Kier molecular flexibility index (Phi) is 6.95. The Bertz CT molecular complexity index is 833. The summed E-state index contributed by atoms with van der Waals surface area (Å²) in [6.45, 7) is -0.113. The van der Waals surface area contributed by atoms with E-state index in [1.54, 1.807) is 6.07 Å². The maximum atomic E-state index is 11.9. The summed E-state index contributed by atoms with van der Waals surface area (Å²) in [5, 5.41) is 0.462. The molecule has 0 aliphatic heterocycles. The molecule has 0 bridgehead atoms. The van der Waals surface area contributed by atoms with Crippen molar-refractivity contribution in [3.8, 4) is 0 Å². The normalized spacial score (nSPS) is 11.7. The second-order valence-electron chi connectivity index (χ2n) is 5.20. The molecule has 0 saturated carbocycles. The number of rotatable bonds is 8. The van der Waals surface area contributed by atoms with Gasteiger partial charge in [0.15, 0.2) is 0 Å². The van der Waals surface area contributed by atoms with E-state index >= 15 is 0 Å². The molecule has 1 aromatic heterocycles. The van der Waals surface area contributed by atoms with Gasteiger partial charge in [-0.1, -0.05) is 23.7 Å². The van der Waals surface area contributed by atoms with Crippen LogP contribution in [0, 0.1) is 0 Å². The number of ether oxygens (including phenoxy) is 1. The van der Waals surface area contributed by atoms with E-state index in [4.69, 9.17) is 20.8 Å². The molecule has 9 heteroatoms. The van der Waals surface area contributed by atoms with Crippen molar-refractivity contribution in [1.82, 2.24) is 4.31 Å². The Hall–Kier alpha value is -1.48. The summed E-state index contributed by atoms with van der Waals surface area (Å²) in [6, 6.07) is 10.2. The number of hydrogen-bond acceptors (Lipinski definition) is 6. The average molecular weight is 404 g/mol. The first kappa shape index (κ1) is 19.8. The van der Waals surface area contributed by atoms with Gasteiger partial charge >= 0.3 is 5.97 Å². The number of carbonyl (C=O) groups excluding carboxylic acids is 1. The molecule has 1 aromatic carbocycles. The van der Waals surface area contributed by atoms with Crippen molar-refractivity contribution >= 4 is 39.4 Å². The molecular formula is C16H18ClNO5S2. The third kappa shape index (κ3) is 5.50. The number of esters is 1. The highest BCUT2D eigenvalue weighted by Gasteiger charge is 2.21. The lowest BCUT2D eigenvalue weighted by atomic mass is 10.4. The molecule has 0 aliphatic carbocycles. The summed E-state index contributed by atoms with van der Waals surface area (Å²) in [5.41, 5.74) is 0. The van der Waals surface area contributed by atoms with Gasteiger partial charge in [-0.25, -0.2) is 12.7 Å². The van der Waals surface area contributed by atoms with Crippen LogP contribution in [0.4, 0.5) is 0 Å². The first-order valence-electron chi connectivity index (χ1n) is 7.35. The molecular weight excluding hydrogens is 386 g/mol. The Balaban J connectivity index is 1.79. The number of sulfonamides is 1. The first-order valence-corrected chi connectivity index (χ1v) is 10.2. The van der Waals surface area contributed by atoms with E-state index < -0.39 is 16.0 Å². The van der Waals surface area contributed by atoms with Gasteiger partial charge in [-0.3, -0.25) is 4.79 Å². The molecule has 0 radical (unpaired) electrons. The highest BCUT2D eigenvalue weighted by atomic mass is 35.5. The highest BCUT2D eigenvalue weighted by molar-refractivity contribution is 7.99. The lowest BCUT2D eigenvalue weighted by molar-refractivity contribution is -0.145. The first-order chi connectivity index (χ1) is 11.8. The fourth-order valence-electron chi connectivity index (χ4n) is 1.78. The van der Waals surface area contributed by atoms with Crippen LogP contribution in [0.15, 0.2) is 50.8 Å². The predicted molar refractivity (Wildman–Crippen MR) is 96.2 cm³/mol. The number of nitrogens with zero attached hydrogens (tertiary/aromatic N) is 1. The van der Waals surface area contributed by atoms with Crippen molar-refractivity contribution < 1.29 is 22.4 Å². The SMILES string of the molecule is CN(C)S(=O)(=O)c1ccc(COC(=O)CCSc2ccccc2Cl)o1. The Morgan fingerprint density at radius 2 is 1.96 bits per heavy atom. The fourth-order valence-corrected chi connectivity index (χ4v) is 3.77. The lowest BCUT2D eigenvalue weighted by Gasteiger charge is -2.08. The third-order valence-corrected chi connectivity index (χ3v) is 6.35. The lowest BCUT2D eigenvalue weighted by Crippen LogP contribution is -2.21. The number of halogens is 1. The maximum Gasteiger partial charge on any atom is 0.307 e. The van der Waals surface area contributed by atoms with Crippen LogP contribution < -0.4 is 0 Å². The maximum absolute atomic E-state index is 11.9. The van der Waals surface area contributed by atoms with E-state index in [2.05, 4.69) is 0 Å². The molecule has 0 aliphatic rings. The van der Waals surface area contributed by atoms with Gasteiger partial charge in [-0.05, 0) is 24.3 Å². The molecule has 0 N–H and O–H groups in total. The second-order valence-corrected chi connectivity index (χ2v) is 8.82. The largest absolute Gasteiger partial charge is 0.457 e. The van der Waals surface area contributed by atoms with Crippen LogP contribution in [-0.4, -0.2) is 38.5 Å². The smallest absolute Gasteiger partial charge is 0.307 e. The van der Waals surface area contributed by atoms with Gasteiger partial charge in [-0.15, -0.1) is 11.8 Å². The molecule has 0 unspecified atom stereocenters. The van der Waals surface area contributed by atoms with Crippen LogP contribution in [0.5, 0.6) is 0 Å². The zero-order valence-electron chi connectivity index (χ0n) is 13.8. The minimum Gasteiger partial charge on any atom is -0.457 e. The Labute approximate surface area is 156 Å². The van der Waals surface area contributed by atoms with Gasteiger partial charge in [-0.2, -0.15) is 0 Å². The molecule has 25 heavy (non-hydrogen) atoms. The quantitative estimate of drug-likeness (QED) is 0.496. The van der Waals surface area contributed by atoms with Gasteiger partial charge in [0.25, 0.3) is 10.0 Å². The van der Waals surface area contributed by atoms with E-state index in [0.717, 1.165) is 9.20 Å². The van der Waals surface area contributed by atoms with Crippen LogP contribution >= 0.6 is 23.4 Å². The molecule has 1 heterocycles. The summed E-state index contributed by atoms with van der Waals surface area (Å²) in [4.78, 5) is 12.7. The van der Waals surface area contributed by atoms with E-state index in [1.807, 2.05) is 18.2 Å². The van der Waals surface area contributed by atoms with Gasteiger partial charge < -0.3 is 9.15 Å². The predicted octanol–water partition coefficient (Wildman–Crippen LogP) is 3.41. The van der Waals surface area contributed by atoms with Crippen LogP contribution in [-0.2, 0) is 26.2 Å². The monoisotopic (exact) mass is 403 g/mol. The van der Waals surface area contributed by atoms with Gasteiger partial charge in [0.1, 0.15) is 12.4 Å². The summed E-state index contributed by atoms with van der Waals surface area (Å²) in [6.07, 6.45) is 0.208. The molecule has 2 aromatic rings. The number of furan rings is 1. The molecule has 0 saturated heterocycles. The molecule has 136 valence electrons. The molecule has 6 nitrogen and oxygen atoms in total. The number of carbonyl (C=O) groups is 1. The Morgan fingerprint density at radius 1 is 1.24 bits per heavy atom. The van der Waals surface area contributed by atoms with E-state index in [1.165, 1.54) is 38.0 Å². The summed E-state index contributed by atoms with van der Waals surface area (Å²) in [7, 11) is -0.811. The van der Waals surface area contributed by atoms with Crippen molar-refractivity contribution in [1.29, 1.82) is 0 Å². The van der Waals surface area contributed by atoms with E-state index in [-0.39, 0.29) is 23.9 Å². The zero-order chi connectivity index (χ0) is 18.4. The molecule has 0 spiro atoms. The van der Waals surface area contributed by atoms with Crippen LogP contribution in [0.2, 0.25) is 5.02 Å². The Morgan fingerprint density at radius 3 is 2.64 bits per heavy atom. The molecule has 0 fully saturated rings. The van der Waals surface area contributed by atoms with E-state index in [9.17, 15) is 13.2 Å². The van der Waals surface area contributed by atoms with Crippen molar-refractivity contribution in [3.05, 3.63) is 47.2 Å². The summed E-state index contributed by atoms with van der Waals surface area (Å²) >= 11 is 7.51. The van der Waals surface area contributed by atoms with Crippen LogP contribution in [0.25, 0.3) is 0 Å². The van der Waals surface area contributed by atoms with Gasteiger partial charge in [0.05, 0.1) is 11.4 Å². The van der Waals surface area contributed by atoms with Crippen molar-refractivity contribution in [3.63, 3.8) is 0 Å². The number of hydrogen-bond donors (Lipinski definition) is 0. The van der Waals surface area contributed by atoms with Crippen molar-refractivity contribution in [2.24, 2.45) is 0 Å². The van der Waals surface area contributed by atoms with Crippen molar-refractivity contribution in [2.45, 2.75) is 23.0 Å². The van der Waals surface area contributed by atoms with Crippen molar-refractivity contribution in [2.75, 3.05) is 19.8 Å². The minimum atomic E-state index is -3.63. The zero-order valence-corrected chi connectivity index (χ0v) is 16.2. The molecule has 0 atom stereocenters. The molecule has 0 amide bonds. The molecule has 2 rings (SSSR count). The van der Waals surface area contributed by atoms with Gasteiger partial charge in [0.2, 0.25) is 5.09 Å². The average Bonchev–Trinajstić information content (AvgIpc) is 3.04. The summed E-state index contributed by atoms with van der Waals surface area (Å²) in [5.74, 6) is 0.404. The number of benzene rings is 1. The third-order valence-electron chi connectivity index (χ3n) is 3.15. The minimum absolute atomic E-state index is 0.113. The standard InChI is InChI=1S/C16H18ClNO5S2/c1-18(2)25(20,21)16-8-7-12(23-16)11-22-15(19)9-10-24-14-6-4-3-5-13(14)17/h3-8H,9-11H2,1-2H3. The van der Waals surface area contributed by atoms with Crippen LogP contribution in [0.3, 0.4) is 0 Å². The van der Waals surface area contributed by atoms with Crippen LogP contribution in [0.1, 0.15) is 12.2 Å². The number of thioether (sulfide) groups is 1. The van der Waals surface area contributed by atoms with Gasteiger partial charge in [0, 0.05) is 24.7 Å². The fraction of sp³-hybridized carbons (Fsp3) is 0.312. The van der Waals surface area contributed by atoms with E-state index in [0.29, 0.717) is 10.8 Å². The summed E-state index contributed by atoms with van der Waals surface area (Å²) < 4.78 is 35.2. The highest BCUT2D eigenvalue weighted by Crippen LogP contribution is 2.27. The topological polar surface area (TPSA) is 76.8 Å². The second kappa shape index (κ2) is 8.75.